The predicted octanol–water partition coefficient (Wildman–Crippen LogP) is 5.02. The number of nitrogens with zero attached hydrogens (tertiary/aromatic N) is 5. The molecule has 2 aromatic carbocycles. The van der Waals surface area contributed by atoms with Crippen LogP contribution in [-0.2, 0) is 27.4 Å². The molecule has 1 atom stereocenters. The van der Waals surface area contributed by atoms with Crippen molar-refractivity contribution in [2.75, 3.05) is 32.8 Å². The summed E-state index contributed by atoms with van der Waals surface area (Å²) in [5.41, 5.74) is 4.99. The summed E-state index contributed by atoms with van der Waals surface area (Å²) >= 11 is 0. The number of aromatic nitrogens is 3. The van der Waals surface area contributed by atoms with Crippen molar-refractivity contribution in [1.82, 2.24) is 24.3 Å². The van der Waals surface area contributed by atoms with Gasteiger partial charge in [-0.05, 0) is 61.4 Å². The van der Waals surface area contributed by atoms with Gasteiger partial charge in [0.1, 0.15) is 17.7 Å². The Labute approximate surface area is 251 Å². The standard InChI is InChI=1S/C34H37N5O4/c1-23(41)38-14-15-39-32(21-38)33(36-34(39)25-11-16-42-17-12-25)29-6-2-4-26-18-31(35-19-30(26)29)24-7-9-27(10-8-24)43-28-5-3-13-37(20-28)22-40/h2,4,6-10,18-19,22,25,28H,3,5,11-17,20-21H2,1H3/t28-/m1/s1. The average molecular weight is 580 g/mol. The molecule has 222 valence electrons. The van der Waals surface area contributed by atoms with Gasteiger partial charge in [-0.15, -0.1) is 0 Å². The number of carbonyl (C=O) groups excluding carboxylic acids is 2. The Morgan fingerprint density at radius 1 is 1.05 bits per heavy atom. The van der Waals surface area contributed by atoms with Crippen molar-refractivity contribution in [3.05, 3.63) is 66.2 Å². The van der Waals surface area contributed by atoms with E-state index < -0.39 is 0 Å². The van der Waals surface area contributed by atoms with E-state index in [1.807, 2.05) is 35.4 Å². The van der Waals surface area contributed by atoms with E-state index in [4.69, 9.17) is 19.4 Å². The van der Waals surface area contributed by atoms with Crippen LogP contribution >= 0.6 is 0 Å². The zero-order chi connectivity index (χ0) is 29.3. The van der Waals surface area contributed by atoms with Gasteiger partial charge in [0.25, 0.3) is 0 Å². The summed E-state index contributed by atoms with van der Waals surface area (Å²) in [6.45, 7) is 6.62. The molecule has 43 heavy (non-hydrogen) atoms. The molecule has 9 heteroatoms. The van der Waals surface area contributed by atoms with Crippen molar-refractivity contribution in [2.24, 2.45) is 0 Å². The topological polar surface area (TPSA) is 89.8 Å². The second-order valence-electron chi connectivity index (χ2n) is 11.8. The first-order valence-electron chi connectivity index (χ1n) is 15.4. The van der Waals surface area contributed by atoms with Crippen molar-refractivity contribution in [1.29, 1.82) is 0 Å². The number of fused-ring (bicyclic) bond motifs is 2. The molecular weight excluding hydrogens is 542 g/mol. The summed E-state index contributed by atoms with van der Waals surface area (Å²) in [4.78, 5) is 37.4. The van der Waals surface area contributed by atoms with Gasteiger partial charge in [-0.2, -0.15) is 0 Å². The molecule has 0 radical (unpaired) electrons. The molecule has 3 aliphatic rings. The van der Waals surface area contributed by atoms with Crippen LogP contribution < -0.4 is 4.74 Å². The number of imidazole rings is 1. The molecule has 3 aliphatic heterocycles. The second-order valence-corrected chi connectivity index (χ2v) is 11.8. The zero-order valence-electron chi connectivity index (χ0n) is 24.6. The van der Waals surface area contributed by atoms with Gasteiger partial charge in [-0.1, -0.05) is 18.2 Å². The SMILES string of the molecule is CC(=O)N1CCn2c(C3CCOCC3)nc(-c3cccc4cc(-c5ccc(O[C@@H]6CCCN(C=O)C6)cc5)ncc34)c2C1. The minimum absolute atomic E-state index is 0.0187. The predicted molar refractivity (Wildman–Crippen MR) is 164 cm³/mol. The first-order chi connectivity index (χ1) is 21.1. The van der Waals surface area contributed by atoms with Gasteiger partial charge in [0.2, 0.25) is 12.3 Å². The molecule has 5 heterocycles. The van der Waals surface area contributed by atoms with Gasteiger partial charge in [-0.3, -0.25) is 14.6 Å². The summed E-state index contributed by atoms with van der Waals surface area (Å²) in [7, 11) is 0. The molecule has 0 aliphatic carbocycles. The van der Waals surface area contributed by atoms with Gasteiger partial charge in [0.15, 0.2) is 0 Å². The molecule has 0 saturated carbocycles. The smallest absolute Gasteiger partial charge is 0.219 e. The van der Waals surface area contributed by atoms with E-state index in [0.717, 1.165) is 109 Å². The van der Waals surface area contributed by atoms with Gasteiger partial charge in [0, 0.05) is 68.4 Å². The Morgan fingerprint density at radius 2 is 1.88 bits per heavy atom. The fourth-order valence-corrected chi connectivity index (χ4v) is 6.74. The lowest BCUT2D eigenvalue weighted by Gasteiger charge is -2.30. The molecule has 0 N–H and O–H groups in total. The van der Waals surface area contributed by atoms with Crippen molar-refractivity contribution >= 4 is 23.1 Å². The van der Waals surface area contributed by atoms with E-state index in [1.165, 1.54) is 0 Å². The number of ether oxygens (including phenoxy) is 2. The highest BCUT2D eigenvalue weighted by atomic mass is 16.5. The highest BCUT2D eigenvalue weighted by molar-refractivity contribution is 5.97. The number of pyridine rings is 1. The van der Waals surface area contributed by atoms with Crippen LogP contribution in [0.3, 0.4) is 0 Å². The van der Waals surface area contributed by atoms with Crippen LogP contribution in [0.5, 0.6) is 5.75 Å². The number of piperidine rings is 1. The first kappa shape index (κ1) is 27.6. The lowest BCUT2D eigenvalue weighted by molar-refractivity contribution is -0.130. The normalized spacial score (nSPS) is 19.3. The maximum absolute atomic E-state index is 12.3. The van der Waals surface area contributed by atoms with Crippen molar-refractivity contribution in [3.63, 3.8) is 0 Å². The average Bonchev–Trinajstić information content (AvgIpc) is 3.44. The van der Waals surface area contributed by atoms with Crippen molar-refractivity contribution in [2.45, 2.75) is 57.7 Å². The van der Waals surface area contributed by atoms with E-state index in [0.29, 0.717) is 25.6 Å². The van der Waals surface area contributed by atoms with E-state index in [2.05, 4.69) is 28.8 Å². The quantitative estimate of drug-likeness (QED) is 0.298. The van der Waals surface area contributed by atoms with Crippen molar-refractivity contribution < 1.29 is 19.1 Å². The Morgan fingerprint density at radius 3 is 2.67 bits per heavy atom. The number of amides is 2. The third kappa shape index (κ3) is 5.49. The number of likely N-dealkylation sites (tertiary alicyclic amines) is 1. The van der Waals surface area contributed by atoms with Crippen LogP contribution in [0.1, 0.15) is 50.0 Å². The monoisotopic (exact) mass is 579 g/mol. The largest absolute Gasteiger partial charge is 0.489 e. The second kappa shape index (κ2) is 11.8. The number of rotatable bonds is 6. The summed E-state index contributed by atoms with van der Waals surface area (Å²) in [6.07, 6.45) is 6.71. The number of carbonyl (C=O) groups is 2. The maximum Gasteiger partial charge on any atom is 0.219 e. The van der Waals surface area contributed by atoms with E-state index in [1.54, 1.807) is 11.8 Å². The molecule has 2 aromatic heterocycles. The fraction of sp³-hybridized carbons (Fsp3) is 0.412. The van der Waals surface area contributed by atoms with Crippen LogP contribution in [-0.4, -0.2) is 75.6 Å². The minimum atomic E-state index is 0.0187. The number of hydrogen-bond acceptors (Lipinski definition) is 6. The lowest BCUT2D eigenvalue weighted by atomic mass is 9.99. The van der Waals surface area contributed by atoms with Crippen molar-refractivity contribution in [3.8, 4) is 28.3 Å². The Balaban J connectivity index is 1.19. The Kier molecular flexibility index (Phi) is 7.57. The van der Waals surface area contributed by atoms with Gasteiger partial charge in [0.05, 0.1) is 30.2 Å². The van der Waals surface area contributed by atoms with Crippen LogP contribution in [0.25, 0.3) is 33.3 Å². The van der Waals surface area contributed by atoms with Gasteiger partial charge >= 0.3 is 0 Å². The summed E-state index contributed by atoms with van der Waals surface area (Å²) in [5.74, 6) is 2.37. The highest BCUT2D eigenvalue weighted by Crippen LogP contribution is 2.37. The summed E-state index contributed by atoms with van der Waals surface area (Å²) in [5, 5.41) is 2.13. The van der Waals surface area contributed by atoms with E-state index in [-0.39, 0.29) is 12.0 Å². The lowest BCUT2D eigenvalue weighted by Crippen LogP contribution is -2.40. The van der Waals surface area contributed by atoms with Crippen LogP contribution in [0, 0.1) is 0 Å². The number of hydrogen-bond donors (Lipinski definition) is 0. The van der Waals surface area contributed by atoms with Crippen LogP contribution in [0.15, 0.2) is 54.7 Å². The van der Waals surface area contributed by atoms with Crippen LogP contribution in [0.4, 0.5) is 0 Å². The van der Waals surface area contributed by atoms with Crippen LogP contribution in [0.2, 0.25) is 0 Å². The Hall–Kier alpha value is -4.24. The highest BCUT2D eigenvalue weighted by Gasteiger charge is 2.30. The third-order valence-electron chi connectivity index (χ3n) is 9.10. The molecule has 2 saturated heterocycles. The molecule has 2 amide bonds. The van der Waals surface area contributed by atoms with Gasteiger partial charge in [-0.25, -0.2) is 4.98 Å². The fourth-order valence-electron chi connectivity index (χ4n) is 6.74. The maximum atomic E-state index is 12.3. The van der Waals surface area contributed by atoms with E-state index >= 15 is 0 Å². The molecule has 4 aromatic rings. The molecule has 0 unspecified atom stereocenters. The molecule has 9 nitrogen and oxygen atoms in total. The molecule has 0 spiro atoms. The third-order valence-corrected chi connectivity index (χ3v) is 9.10. The summed E-state index contributed by atoms with van der Waals surface area (Å²) in [6, 6.07) is 16.5. The first-order valence-corrected chi connectivity index (χ1v) is 15.4. The number of benzene rings is 2. The van der Waals surface area contributed by atoms with Gasteiger partial charge < -0.3 is 23.8 Å². The zero-order valence-corrected chi connectivity index (χ0v) is 24.6. The molecule has 0 bridgehead atoms. The summed E-state index contributed by atoms with van der Waals surface area (Å²) < 4.78 is 14.2. The minimum Gasteiger partial charge on any atom is -0.489 e. The molecular formula is C34H37N5O4. The molecule has 2 fully saturated rings. The Bertz CT molecular complexity index is 1640. The molecule has 7 rings (SSSR count). The van der Waals surface area contributed by atoms with E-state index in [9.17, 15) is 9.59 Å².